The van der Waals surface area contributed by atoms with Crippen molar-refractivity contribution in [3.05, 3.63) is 51.2 Å². The van der Waals surface area contributed by atoms with Gasteiger partial charge in [-0.25, -0.2) is 4.98 Å². The van der Waals surface area contributed by atoms with Crippen molar-refractivity contribution in [3.63, 3.8) is 0 Å². The van der Waals surface area contributed by atoms with Crippen molar-refractivity contribution in [2.45, 2.75) is 32.2 Å². The molecule has 1 aliphatic heterocycles. The van der Waals surface area contributed by atoms with Gasteiger partial charge in [0.05, 0.1) is 22.7 Å². The molecular formula is C18H18N2OS2. The van der Waals surface area contributed by atoms with Crippen LogP contribution in [0.3, 0.4) is 0 Å². The summed E-state index contributed by atoms with van der Waals surface area (Å²) in [6.07, 6.45) is 2.60. The zero-order valence-corrected chi connectivity index (χ0v) is 14.6. The highest BCUT2D eigenvalue weighted by atomic mass is 32.1. The van der Waals surface area contributed by atoms with Gasteiger partial charge < -0.3 is 4.90 Å². The molecule has 1 aromatic carbocycles. The summed E-state index contributed by atoms with van der Waals surface area (Å²) in [5, 5.41) is 1.08. The zero-order valence-electron chi connectivity index (χ0n) is 13.0. The molecule has 1 aliphatic rings. The van der Waals surface area contributed by atoms with Crippen LogP contribution in [0.1, 0.15) is 33.6 Å². The number of amides is 1. The lowest BCUT2D eigenvalue weighted by Crippen LogP contribution is -2.31. The highest BCUT2D eigenvalue weighted by Gasteiger charge is 2.32. The number of thiazole rings is 1. The first-order valence-corrected chi connectivity index (χ1v) is 9.54. The van der Waals surface area contributed by atoms with Gasteiger partial charge in [-0.1, -0.05) is 12.1 Å². The Balaban J connectivity index is 1.57. The standard InChI is InChI=1S/C18H18N2OS2/c1-12-8-9-13(22-12)11-17(21)20-10-4-6-15(20)18-19-14-5-2-3-7-16(14)23-18/h2-3,5,7-9,15H,4,6,10-11H2,1H3/t15-/m0/s1. The van der Waals surface area contributed by atoms with Crippen LogP contribution in [-0.4, -0.2) is 22.3 Å². The molecule has 1 atom stereocenters. The van der Waals surface area contributed by atoms with Crippen molar-refractivity contribution in [2.75, 3.05) is 6.54 Å². The van der Waals surface area contributed by atoms with Crippen LogP contribution >= 0.6 is 22.7 Å². The van der Waals surface area contributed by atoms with Gasteiger partial charge in [0.25, 0.3) is 0 Å². The highest BCUT2D eigenvalue weighted by Crippen LogP contribution is 2.36. The molecule has 0 spiro atoms. The third kappa shape index (κ3) is 2.91. The molecule has 0 N–H and O–H groups in total. The van der Waals surface area contributed by atoms with E-state index in [9.17, 15) is 4.79 Å². The van der Waals surface area contributed by atoms with E-state index in [1.54, 1.807) is 22.7 Å². The van der Waals surface area contributed by atoms with Gasteiger partial charge >= 0.3 is 0 Å². The number of hydrogen-bond acceptors (Lipinski definition) is 4. The summed E-state index contributed by atoms with van der Waals surface area (Å²) in [6, 6.07) is 12.5. The average Bonchev–Trinajstić information content (AvgIpc) is 3.24. The van der Waals surface area contributed by atoms with E-state index in [1.165, 1.54) is 9.58 Å². The number of likely N-dealkylation sites (tertiary alicyclic amines) is 1. The van der Waals surface area contributed by atoms with Gasteiger partial charge in [0.1, 0.15) is 5.01 Å². The van der Waals surface area contributed by atoms with Gasteiger partial charge in [-0.3, -0.25) is 4.79 Å². The van der Waals surface area contributed by atoms with Crippen LogP contribution in [0.5, 0.6) is 0 Å². The number of para-hydroxylation sites is 1. The molecule has 0 bridgehead atoms. The molecule has 0 aliphatic carbocycles. The van der Waals surface area contributed by atoms with Gasteiger partial charge in [0.2, 0.25) is 5.91 Å². The van der Waals surface area contributed by atoms with Crippen LogP contribution in [0.15, 0.2) is 36.4 Å². The lowest BCUT2D eigenvalue weighted by molar-refractivity contribution is -0.131. The number of carbonyl (C=O) groups is 1. The third-order valence-electron chi connectivity index (χ3n) is 4.29. The van der Waals surface area contributed by atoms with Gasteiger partial charge in [0, 0.05) is 16.3 Å². The lowest BCUT2D eigenvalue weighted by Gasteiger charge is -2.22. The molecule has 118 valence electrons. The van der Waals surface area contributed by atoms with E-state index in [0.29, 0.717) is 6.42 Å². The Morgan fingerprint density at radius 3 is 2.91 bits per heavy atom. The molecule has 0 radical (unpaired) electrons. The molecule has 3 aromatic rings. The van der Waals surface area contributed by atoms with Gasteiger partial charge in [-0.2, -0.15) is 0 Å². The van der Waals surface area contributed by atoms with Crippen molar-refractivity contribution in [2.24, 2.45) is 0 Å². The quantitative estimate of drug-likeness (QED) is 0.698. The summed E-state index contributed by atoms with van der Waals surface area (Å²) >= 11 is 3.44. The van der Waals surface area contributed by atoms with E-state index >= 15 is 0 Å². The number of carbonyl (C=O) groups excluding carboxylic acids is 1. The normalized spacial score (nSPS) is 18.0. The Bertz CT molecular complexity index is 818. The third-order valence-corrected chi connectivity index (χ3v) is 6.43. The second-order valence-electron chi connectivity index (χ2n) is 5.95. The van der Waals surface area contributed by atoms with Crippen molar-refractivity contribution in [1.29, 1.82) is 0 Å². The number of benzene rings is 1. The number of aryl methyl sites for hydroxylation is 1. The van der Waals surface area contributed by atoms with Crippen LogP contribution in [0, 0.1) is 6.92 Å². The Morgan fingerprint density at radius 2 is 2.13 bits per heavy atom. The average molecular weight is 342 g/mol. The molecule has 0 unspecified atom stereocenters. The molecule has 3 nitrogen and oxygen atoms in total. The summed E-state index contributed by atoms with van der Waals surface area (Å²) < 4.78 is 1.20. The predicted molar refractivity (Wildman–Crippen MR) is 96.1 cm³/mol. The maximum Gasteiger partial charge on any atom is 0.228 e. The van der Waals surface area contributed by atoms with Crippen molar-refractivity contribution in [3.8, 4) is 0 Å². The molecule has 0 saturated carbocycles. The first-order valence-electron chi connectivity index (χ1n) is 7.91. The maximum atomic E-state index is 12.7. The van der Waals surface area contributed by atoms with Gasteiger partial charge in [-0.05, 0) is 44.0 Å². The van der Waals surface area contributed by atoms with Crippen LogP contribution in [0.2, 0.25) is 0 Å². The SMILES string of the molecule is Cc1ccc(CC(=O)N2CCC[C@H]2c2nc3ccccc3s2)s1. The number of rotatable bonds is 3. The van der Waals surface area contributed by atoms with E-state index in [4.69, 9.17) is 4.98 Å². The zero-order chi connectivity index (χ0) is 15.8. The minimum absolute atomic E-state index is 0.154. The molecule has 4 rings (SSSR count). The summed E-state index contributed by atoms with van der Waals surface area (Å²) in [5.41, 5.74) is 1.04. The lowest BCUT2D eigenvalue weighted by atomic mass is 10.2. The predicted octanol–water partition coefficient (Wildman–Crippen LogP) is 4.57. The van der Waals surface area contributed by atoms with Gasteiger partial charge in [0.15, 0.2) is 0 Å². The minimum Gasteiger partial charge on any atom is -0.333 e. The number of thiophene rings is 1. The first kappa shape index (κ1) is 14.8. The molecule has 5 heteroatoms. The van der Waals surface area contributed by atoms with Gasteiger partial charge in [-0.15, -0.1) is 22.7 Å². The summed E-state index contributed by atoms with van der Waals surface area (Å²) in [7, 11) is 0. The Kier molecular flexibility index (Phi) is 3.91. The van der Waals surface area contributed by atoms with Crippen LogP contribution in [-0.2, 0) is 11.2 Å². The van der Waals surface area contributed by atoms with E-state index in [2.05, 4.69) is 25.1 Å². The number of aromatic nitrogens is 1. The van der Waals surface area contributed by atoms with Crippen molar-refractivity contribution >= 4 is 38.8 Å². The van der Waals surface area contributed by atoms with Crippen LogP contribution < -0.4 is 0 Å². The van der Waals surface area contributed by atoms with Crippen LogP contribution in [0.4, 0.5) is 0 Å². The highest BCUT2D eigenvalue weighted by molar-refractivity contribution is 7.18. The Morgan fingerprint density at radius 1 is 1.26 bits per heavy atom. The molecular weight excluding hydrogens is 324 g/mol. The summed E-state index contributed by atoms with van der Waals surface area (Å²) in [5.74, 6) is 0.230. The Hall–Kier alpha value is -1.72. The van der Waals surface area contributed by atoms with Crippen molar-refractivity contribution < 1.29 is 4.79 Å². The molecule has 3 heterocycles. The fourth-order valence-electron chi connectivity index (χ4n) is 3.19. The molecule has 1 saturated heterocycles. The fraction of sp³-hybridized carbons (Fsp3) is 0.333. The monoisotopic (exact) mass is 342 g/mol. The second kappa shape index (κ2) is 6.06. The van der Waals surface area contributed by atoms with E-state index in [1.807, 2.05) is 23.1 Å². The first-order chi connectivity index (χ1) is 11.2. The fourth-order valence-corrected chi connectivity index (χ4v) is 5.18. The number of nitrogens with zero attached hydrogens (tertiary/aromatic N) is 2. The van der Waals surface area contributed by atoms with Crippen LogP contribution in [0.25, 0.3) is 10.2 Å². The largest absolute Gasteiger partial charge is 0.333 e. The molecule has 1 amide bonds. The second-order valence-corrected chi connectivity index (χ2v) is 8.39. The van der Waals surface area contributed by atoms with Crippen molar-refractivity contribution in [1.82, 2.24) is 9.88 Å². The smallest absolute Gasteiger partial charge is 0.228 e. The molecule has 1 fully saturated rings. The number of hydrogen-bond donors (Lipinski definition) is 0. The topological polar surface area (TPSA) is 33.2 Å². The molecule has 23 heavy (non-hydrogen) atoms. The minimum atomic E-state index is 0.154. The Labute approximate surface area is 143 Å². The molecule has 2 aromatic heterocycles. The van der Waals surface area contributed by atoms with E-state index in [0.717, 1.165) is 34.8 Å². The summed E-state index contributed by atoms with van der Waals surface area (Å²) in [4.78, 5) is 21.9. The van der Waals surface area contributed by atoms with E-state index < -0.39 is 0 Å². The number of fused-ring (bicyclic) bond motifs is 1. The van der Waals surface area contributed by atoms with E-state index in [-0.39, 0.29) is 11.9 Å². The maximum absolute atomic E-state index is 12.7. The summed E-state index contributed by atoms with van der Waals surface area (Å²) in [6.45, 7) is 2.93.